The molecule has 0 N–H and O–H groups in total. The van der Waals surface area contributed by atoms with Crippen molar-refractivity contribution in [2.75, 3.05) is 13.1 Å². The van der Waals surface area contributed by atoms with Crippen molar-refractivity contribution in [3.8, 4) is 12.0 Å². The molecule has 1 saturated heterocycles. The Morgan fingerprint density at radius 1 is 1.00 bits per heavy atom. The highest BCUT2D eigenvalue weighted by Gasteiger charge is 2.05. The summed E-state index contributed by atoms with van der Waals surface area (Å²) < 4.78 is 0. The molecule has 1 aliphatic rings. The van der Waals surface area contributed by atoms with E-state index in [0.29, 0.717) is 0 Å². The predicted molar refractivity (Wildman–Crippen MR) is 54.1 cm³/mol. The van der Waals surface area contributed by atoms with Gasteiger partial charge in [-0.1, -0.05) is 18.2 Å². The number of likely N-dealkylation sites (tertiary alicyclic amines) is 1. The summed E-state index contributed by atoms with van der Waals surface area (Å²) in [5, 5.41) is 0. The summed E-state index contributed by atoms with van der Waals surface area (Å²) in [5.41, 5.74) is 1.11. The number of rotatable bonds is 0. The Hall–Kier alpha value is -1.42. The van der Waals surface area contributed by atoms with E-state index < -0.39 is 0 Å². The minimum absolute atomic E-state index is 1.11. The van der Waals surface area contributed by atoms with Gasteiger partial charge in [0.25, 0.3) is 0 Å². The van der Waals surface area contributed by atoms with Gasteiger partial charge in [-0.15, -0.1) is 0 Å². The molecule has 2 rings (SSSR count). The molecule has 1 aromatic rings. The molecule has 1 nitrogen and oxygen atoms in total. The molecular weight excluding hydrogens is 158 g/mol. The fourth-order valence-corrected chi connectivity index (χ4v) is 1.49. The lowest BCUT2D eigenvalue weighted by atomic mass is 10.2. The van der Waals surface area contributed by atoms with Crippen molar-refractivity contribution in [1.82, 2.24) is 4.90 Å². The Morgan fingerprint density at radius 2 is 1.69 bits per heavy atom. The summed E-state index contributed by atoms with van der Waals surface area (Å²) >= 11 is 0. The van der Waals surface area contributed by atoms with E-state index in [1.807, 2.05) is 30.3 Å². The Labute approximate surface area is 79.4 Å². The Kier molecular flexibility index (Phi) is 2.52. The van der Waals surface area contributed by atoms with Crippen molar-refractivity contribution in [2.45, 2.75) is 12.8 Å². The maximum absolute atomic E-state index is 3.18. The molecule has 13 heavy (non-hydrogen) atoms. The molecule has 0 aromatic heterocycles. The van der Waals surface area contributed by atoms with Crippen molar-refractivity contribution in [3.05, 3.63) is 35.9 Å². The topological polar surface area (TPSA) is 3.24 Å². The summed E-state index contributed by atoms with van der Waals surface area (Å²) in [6, 6.07) is 13.3. The molecular formula is C12H13N. The van der Waals surface area contributed by atoms with Crippen LogP contribution in [0.15, 0.2) is 30.3 Å². The lowest BCUT2D eigenvalue weighted by molar-refractivity contribution is 0.496. The molecule has 1 fully saturated rings. The number of hydrogen-bond acceptors (Lipinski definition) is 1. The first-order chi connectivity index (χ1) is 6.45. The van der Waals surface area contributed by atoms with Crippen LogP contribution in [0.25, 0.3) is 0 Å². The molecule has 0 aliphatic carbocycles. The smallest absolute Gasteiger partial charge is 0.0263 e. The van der Waals surface area contributed by atoms with Crippen LogP contribution in [0.5, 0.6) is 0 Å². The third-order valence-corrected chi connectivity index (χ3v) is 2.24. The van der Waals surface area contributed by atoms with Crippen LogP contribution < -0.4 is 0 Å². The molecule has 0 radical (unpaired) electrons. The Morgan fingerprint density at radius 3 is 2.38 bits per heavy atom. The highest BCUT2D eigenvalue weighted by Crippen LogP contribution is 2.05. The van der Waals surface area contributed by atoms with E-state index in [1.165, 1.54) is 12.8 Å². The highest BCUT2D eigenvalue weighted by molar-refractivity contribution is 5.33. The minimum atomic E-state index is 1.11. The maximum atomic E-state index is 3.18. The van der Waals surface area contributed by atoms with E-state index in [9.17, 15) is 0 Å². The van der Waals surface area contributed by atoms with Gasteiger partial charge in [0.05, 0.1) is 0 Å². The second-order valence-electron chi connectivity index (χ2n) is 3.30. The van der Waals surface area contributed by atoms with Crippen molar-refractivity contribution in [2.24, 2.45) is 0 Å². The molecule has 0 spiro atoms. The second-order valence-corrected chi connectivity index (χ2v) is 3.30. The molecule has 0 bridgehead atoms. The largest absolute Gasteiger partial charge is 0.332 e. The molecule has 1 aromatic carbocycles. The van der Waals surface area contributed by atoms with E-state index in [2.05, 4.69) is 16.9 Å². The molecule has 1 heteroatoms. The van der Waals surface area contributed by atoms with E-state index >= 15 is 0 Å². The van der Waals surface area contributed by atoms with Gasteiger partial charge in [-0.2, -0.15) is 0 Å². The van der Waals surface area contributed by atoms with E-state index in [1.54, 1.807) is 0 Å². The van der Waals surface area contributed by atoms with Crippen LogP contribution >= 0.6 is 0 Å². The van der Waals surface area contributed by atoms with Gasteiger partial charge in [-0.25, -0.2) is 0 Å². The van der Waals surface area contributed by atoms with Gasteiger partial charge >= 0.3 is 0 Å². The summed E-state index contributed by atoms with van der Waals surface area (Å²) in [6.45, 7) is 2.28. The first-order valence-electron chi connectivity index (χ1n) is 4.77. The normalized spacial score (nSPS) is 15.2. The van der Waals surface area contributed by atoms with Crippen molar-refractivity contribution >= 4 is 0 Å². The molecule has 1 aliphatic heterocycles. The second kappa shape index (κ2) is 4.00. The zero-order valence-electron chi connectivity index (χ0n) is 7.66. The Balaban J connectivity index is 2.03. The van der Waals surface area contributed by atoms with Crippen LogP contribution in [0.1, 0.15) is 18.4 Å². The van der Waals surface area contributed by atoms with Gasteiger partial charge in [0, 0.05) is 24.7 Å². The van der Waals surface area contributed by atoms with E-state index in [-0.39, 0.29) is 0 Å². The quantitative estimate of drug-likeness (QED) is 0.540. The van der Waals surface area contributed by atoms with Crippen LogP contribution in [-0.4, -0.2) is 18.0 Å². The average Bonchev–Trinajstić information content (AvgIpc) is 2.69. The summed E-state index contributed by atoms with van der Waals surface area (Å²) in [7, 11) is 0. The van der Waals surface area contributed by atoms with Gasteiger partial charge < -0.3 is 4.90 Å². The number of hydrogen-bond donors (Lipinski definition) is 0. The van der Waals surface area contributed by atoms with Crippen LogP contribution in [0, 0.1) is 12.0 Å². The van der Waals surface area contributed by atoms with E-state index in [0.717, 1.165) is 18.7 Å². The van der Waals surface area contributed by atoms with Gasteiger partial charge in [0.1, 0.15) is 0 Å². The zero-order valence-corrected chi connectivity index (χ0v) is 7.66. The van der Waals surface area contributed by atoms with Crippen molar-refractivity contribution in [1.29, 1.82) is 0 Å². The van der Waals surface area contributed by atoms with Gasteiger partial charge in [0.2, 0.25) is 0 Å². The monoisotopic (exact) mass is 171 g/mol. The standard InChI is InChI=1S/C12H13N/c1-2-6-12(7-3-1)8-11-13-9-4-5-10-13/h1-3,6-7H,4-5,9-10H2. The predicted octanol–water partition coefficient (Wildman–Crippen LogP) is 2.09. The maximum Gasteiger partial charge on any atom is 0.0263 e. The van der Waals surface area contributed by atoms with Gasteiger partial charge in [-0.3, -0.25) is 0 Å². The lowest BCUT2D eigenvalue weighted by Gasteiger charge is -2.05. The molecule has 66 valence electrons. The molecule has 0 saturated carbocycles. The first kappa shape index (κ1) is 8.19. The average molecular weight is 171 g/mol. The van der Waals surface area contributed by atoms with Crippen LogP contribution in [-0.2, 0) is 0 Å². The van der Waals surface area contributed by atoms with Gasteiger partial charge in [-0.05, 0) is 30.9 Å². The third-order valence-electron chi connectivity index (χ3n) is 2.24. The number of benzene rings is 1. The third kappa shape index (κ3) is 2.26. The molecule has 0 amide bonds. The number of nitrogens with zero attached hydrogens (tertiary/aromatic N) is 1. The van der Waals surface area contributed by atoms with Crippen LogP contribution in [0.3, 0.4) is 0 Å². The van der Waals surface area contributed by atoms with E-state index in [4.69, 9.17) is 0 Å². The molecule has 1 heterocycles. The van der Waals surface area contributed by atoms with Crippen molar-refractivity contribution in [3.63, 3.8) is 0 Å². The summed E-state index contributed by atoms with van der Waals surface area (Å²) in [5.74, 6) is 3.16. The first-order valence-corrected chi connectivity index (χ1v) is 4.77. The van der Waals surface area contributed by atoms with Crippen LogP contribution in [0.4, 0.5) is 0 Å². The molecule has 0 unspecified atom stereocenters. The summed E-state index contributed by atoms with van der Waals surface area (Å²) in [4.78, 5) is 2.20. The SMILES string of the molecule is C(#CN1CCCC1)c1ccccc1. The van der Waals surface area contributed by atoms with Crippen LogP contribution in [0.2, 0.25) is 0 Å². The lowest BCUT2D eigenvalue weighted by Crippen LogP contribution is -2.10. The summed E-state index contributed by atoms with van der Waals surface area (Å²) in [6.07, 6.45) is 2.59. The minimum Gasteiger partial charge on any atom is -0.332 e. The molecule has 0 atom stereocenters. The highest BCUT2D eigenvalue weighted by atomic mass is 15.1. The van der Waals surface area contributed by atoms with Crippen molar-refractivity contribution < 1.29 is 0 Å². The zero-order chi connectivity index (χ0) is 8.93. The fraction of sp³-hybridized carbons (Fsp3) is 0.333. The fourth-order valence-electron chi connectivity index (χ4n) is 1.49. The Bertz CT molecular complexity index is 312. The van der Waals surface area contributed by atoms with Gasteiger partial charge in [0.15, 0.2) is 0 Å².